The fraction of sp³-hybridized carbons (Fsp3) is 0.455. The molecule has 0 radical (unpaired) electrons. The smallest absolute Gasteiger partial charge is 0.256 e. The largest absolute Gasteiger partial charge is 0.379 e. The highest BCUT2D eigenvalue weighted by molar-refractivity contribution is 7.89. The molecule has 166 valence electrons. The van der Waals surface area contributed by atoms with Gasteiger partial charge in [-0.05, 0) is 56.0 Å². The first-order chi connectivity index (χ1) is 15.0. The van der Waals surface area contributed by atoms with Crippen molar-refractivity contribution in [1.29, 1.82) is 0 Å². The van der Waals surface area contributed by atoms with Gasteiger partial charge in [-0.3, -0.25) is 4.79 Å². The van der Waals surface area contributed by atoms with Crippen molar-refractivity contribution < 1.29 is 17.9 Å². The van der Waals surface area contributed by atoms with E-state index in [0.29, 0.717) is 43.1 Å². The number of hydrogen-bond acceptors (Lipinski definition) is 6. The van der Waals surface area contributed by atoms with Gasteiger partial charge in [-0.1, -0.05) is 6.07 Å². The molecule has 0 bridgehead atoms. The van der Waals surface area contributed by atoms with Gasteiger partial charge in [-0.15, -0.1) is 0 Å². The van der Waals surface area contributed by atoms with Gasteiger partial charge in [0.1, 0.15) is 0 Å². The van der Waals surface area contributed by atoms with Crippen LogP contribution in [0.4, 0.5) is 11.5 Å². The summed E-state index contributed by atoms with van der Waals surface area (Å²) < 4.78 is 32.7. The third-order valence-corrected chi connectivity index (χ3v) is 7.65. The van der Waals surface area contributed by atoms with Crippen LogP contribution in [0, 0.1) is 6.92 Å². The molecule has 0 spiro atoms. The standard InChI is InChI=1S/C22H28N4O4S/c1-17-7-8-18(31(28,29)26-12-14-30-15-13-26)16-19(17)22(27)24-20-6-5-9-23-21(20)25-10-3-2-4-11-25/h5-9,16H,2-4,10-15H2,1H3,(H,24,27). The third kappa shape index (κ3) is 4.73. The normalized spacial score (nSPS) is 18.0. The Morgan fingerprint density at radius 2 is 1.81 bits per heavy atom. The van der Waals surface area contributed by atoms with E-state index in [4.69, 9.17) is 4.74 Å². The van der Waals surface area contributed by atoms with E-state index in [9.17, 15) is 13.2 Å². The summed E-state index contributed by atoms with van der Waals surface area (Å²) >= 11 is 0. The van der Waals surface area contributed by atoms with Crippen LogP contribution in [0.3, 0.4) is 0 Å². The average Bonchev–Trinajstić information content (AvgIpc) is 2.80. The van der Waals surface area contributed by atoms with Gasteiger partial charge in [0.05, 0.1) is 23.8 Å². The van der Waals surface area contributed by atoms with Crippen LogP contribution in [-0.4, -0.2) is 63.0 Å². The van der Waals surface area contributed by atoms with Gasteiger partial charge in [-0.2, -0.15) is 4.31 Å². The SMILES string of the molecule is Cc1ccc(S(=O)(=O)N2CCOCC2)cc1C(=O)Nc1cccnc1N1CCCCC1. The number of piperidine rings is 1. The van der Waals surface area contributed by atoms with Gasteiger partial charge in [0.2, 0.25) is 10.0 Å². The fourth-order valence-electron chi connectivity index (χ4n) is 3.98. The van der Waals surface area contributed by atoms with E-state index >= 15 is 0 Å². The number of aromatic nitrogens is 1. The number of pyridine rings is 1. The molecule has 2 saturated heterocycles. The lowest BCUT2D eigenvalue weighted by atomic mass is 10.1. The van der Waals surface area contributed by atoms with Crippen molar-refractivity contribution in [2.75, 3.05) is 49.6 Å². The summed E-state index contributed by atoms with van der Waals surface area (Å²) in [7, 11) is -3.68. The van der Waals surface area contributed by atoms with Crippen molar-refractivity contribution in [1.82, 2.24) is 9.29 Å². The maximum atomic E-state index is 13.1. The summed E-state index contributed by atoms with van der Waals surface area (Å²) in [4.78, 5) is 19.9. The summed E-state index contributed by atoms with van der Waals surface area (Å²) in [6.07, 6.45) is 5.13. The summed E-state index contributed by atoms with van der Waals surface area (Å²) in [5.74, 6) is 0.410. The van der Waals surface area contributed by atoms with Crippen molar-refractivity contribution in [3.8, 4) is 0 Å². The number of morpholine rings is 1. The summed E-state index contributed by atoms with van der Waals surface area (Å²) in [6.45, 7) is 4.99. The predicted molar refractivity (Wildman–Crippen MR) is 119 cm³/mol. The Labute approximate surface area is 183 Å². The van der Waals surface area contributed by atoms with Crippen LogP contribution in [-0.2, 0) is 14.8 Å². The van der Waals surface area contributed by atoms with E-state index in [2.05, 4.69) is 15.2 Å². The number of benzene rings is 1. The quantitative estimate of drug-likeness (QED) is 0.762. The van der Waals surface area contributed by atoms with Gasteiger partial charge in [0, 0.05) is 37.9 Å². The maximum absolute atomic E-state index is 13.1. The molecule has 3 heterocycles. The van der Waals surface area contributed by atoms with Gasteiger partial charge < -0.3 is 15.0 Å². The average molecular weight is 445 g/mol. The zero-order valence-corrected chi connectivity index (χ0v) is 18.5. The van der Waals surface area contributed by atoms with Crippen LogP contribution < -0.4 is 10.2 Å². The van der Waals surface area contributed by atoms with Crippen LogP contribution in [0.15, 0.2) is 41.4 Å². The minimum absolute atomic E-state index is 0.118. The van der Waals surface area contributed by atoms with Crippen molar-refractivity contribution in [2.45, 2.75) is 31.1 Å². The minimum Gasteiger partial charge on any atom is -0.379 e. The molecule has 2 aliphatic rings. The molecule has 1 amide bonds. The zero-order valence-electron chi connectivity index (χ0n) is 17.7. The highest BCUT2D eigenvalue weighted by atomic mass is 32.2. The van der Waals surface area contributed by atoms with E-state index < -0.39 is 10.0 Å². The molecule has 0 aliphatic carbocycles. The number of nitrogens with zero attached hydrogens (tertiary/aromatic N) is 3. The monoisotopic (exact) mass is 444 g/mol. The van der Waals surface area contributed by atoms with E-state index in [1.54, 1.807) is 31.3 Å². The van der Waals surface area contributed by atoms with E-state index in [1.807, 2.05) is 6.07 Å². The number of carbonyl (C=O) groups excluding carboxylic acids is 1. The molecule has 8 nitrogen and oxygen atoms in total. The zero-order chi connectivity index (χ0) is 21.8. The molecule has 0 atom stereocenters. The Hall–Kier alpha value is -2.49. The Morgan fingerprint density at radius 1 is 1.06 bits per heavy atom. The molecular weight excluding hydrogens is 416 g/mol. The van der Waals surface area contributed by atoms with E-state index in [1.165, 1.54) is 16.8 Å². The predicted octanol–water partition coefficient (Wildman–Crippen LogP) is 2.65. The van der Waals surface area contributed by atoms with Crippen molar-refractivity contribution in [2.24, 2.45) is 0 Å². The Bertz CT molecular complexity index is 1050. The topological polar surface area (TPSA) is 91.8 Å². The van der Waals surface area contributed by atoms with Crippen LogP contribution >= 0.6 is 0 Å². The molecule has 9 heteroatoms. The lowest BCUT2D eigenvalue weighted by Crippen LogP contribution is -2.40. The van der Waals surface area contributed by atoms with Gasteiger partial charge in [-0.25, -0.2) is 13.4 Å². The van der Waals surface area contributed by atoms with Crippen molar-refractivity contribution in [3.63, 3.8) is 0 Å². The molecule has 4 rings (SSSR count). The lowest BCUT2D eigenvalue weighted by Gasteiger charge is -2.29. The summed E-state index contributed by atoms with van der Waals surface area (Å²) in [6, 6.07) is 8.32. The summed E-state index contributed by atoms with van der Waals surface area (Å²) in [5, 5.41) is 2.95. The van der Waals surface area contributed by atoms with Crippen LogP contribution in [0.2, 0.25) is 0 Å². The molecule has 2 aromatic rings. The Kier molecular flexibility index (Phi) is 6.54. The number of anilines is 2. The minimum atomic E-state index is -3.68. The second kappa shape index (κ2) is 9.33. The van der Waals surface area contributed by atoms with E-state index in [0.717, 1.165) is 31.7 Å². The second-order valence-electron chi connectivity index (χ2n) is 7.87. The number of sulfonamides is 1. The third-order valence-electron chi connectivity index (χ3n) is 5.75. The van der Waals surface area contributed by atoms with E-state index in [-0.39, 0.29) is 10.8 Å². The number of ether oxygens (including phenoxy) is 1. The first-order valence-corrected chi connectivity index (χ1v) is 12.1. The van der Waals surface area contributed by atoms with Crippen molar-refractivity contribution in [3.05, 3.63) is 47.7 Å². The first-order valence-electron chi connectivity index (χ1n) is 10.7. The molecule has 1 N–H and O–H groups in total. The second-order valence-corrected chi connectivity index (χ2v) is 9.81. The maximum Gasteiger partial charge on any atom is 0.256 e. The molecule has 0 unspecified atom stereocenters. The fourth-order valence-corrected chi connectivity index (χ4v) is 5.42. The van der Waals surface area contributed by atoms with Crippen LogP contribution in [0.5, 0.6) is 0 Å². The van der Waals surface area contributed by atoms with Crippen LogP contribution in [0.25, 0.3) is 0 Å². The number of amides is 1. The number of hydrogen-bond donors (Lipinski definition) is 1. The van der Waals surface area contributed by atoms with Gasteiger partial charge in [0.25, 0.3) is 5.91 Å². The molecular formula is C22H28N4O4S. The molecule has 0 saturated carbocycles. The van der Waals surface area contributed by atoms with Crippen molar-refractivity contribution >= 4 is 27.4 Å². The molecule has 1 aromatic carbocycles. The number of nitrogens with one attached hydrogen (secondary N) is 1. The Morgan fingerprint density at radius 3 is 2.55 bits per heavy atom. The lowest BCUT2D eigenvalue weighted by molar-refractivity contribution is 0.0730. The molecule has 1 aromatic heterocycles. The highest BCUT2D eigenvalue weighted by Gasteiger charge is 2.27. The van der Waals surface area contributed by atoms with Gasteiger partial charge in [0.15, 0.2) is 5.82 Å². The number of aryl methyl sites for hydroxylation is 1. The first kappa shape index (κ1) is 21.7. The molecule has 2 fully saturated rings. The van der Waals surface area contributed by atoms with Gasteiger partial charge >= 0.3 is 0 Å². The summed E-state index contributed by atoms with van der Waals surface area (Å²) in [5.41, 5.74) is 1.68. The van der Waals surface area contributed by atoms with Crippen LogP contribution in [0.1, 0.15) is 35.2 Å². The molecule has 2 aliphatic heterocycles. The number of carbonyl (C=O) groups is 1. The Balaban J connectivity index is 1.59. The number of rotatable bonds is 5. The molecule has 31 heavy (non-hydrogen) atoms. The highest BCUT2D eigenvalue weighted by Crippen LogP contribution is 2.27.